The van der Waals surface area contributed by atoms with Crippen LogP contribution in [0.15, 0.2) is 29.8 Å². The van der Waals surface area contributed by atoms with E-state index in [1.807, 2.05) is 12.1 Å². The molecule has 0 saturated heterocycles. The zero-order valence-electron chi connectivity index (χ0n) is 14.8. The number of ketones is 1. The Morgan fingerprint density at radius 3 is 2.48 bits per heavy atom. The highest BCUT2D eigenvalue weighted by Crippen LogP contribution is 2.29. The Bertz CT molecular complexity index is 989. The average Bonchev–Trinajstić information content (AvgIpc) is 2.96. The van der Waals surface area contributed by atoms with Gasteiger partial charge in [-0.3, -0.25) is 4.79 Å². The van der Waals surface area contributed by atoms with Gasteiger partial charge in [-0.1, -0.05) is 12.1 Å². The average molecular weight is 380 g/mol. The van der Waals surface area contributed by atoms with Crippen LogP contribution in [-0.4, -0.2) is 23.5 Å². The van der Waals surface area contributed by atoms with Crippen LogP contribution in [0, 0.1) is 29.6 Å². The van der Waals surface area contributed by atoms with Crippen LogP contribution >= 0.6 is 11.3 Å². The van der Waals surface area contributed by atoms with Crippen LogP contribution in [0.1, 0.15) is 38.2 Å². The smallest absolute Gasteiger partial charge is 0.348 e. The Hall–Kier alpha value is -3.42. The minimum atomic E-state index is -0.532. The zero-order valence-corrected chi connectivity index (χ0v) is 15.6. The highest BCUT2D eigenvalue weighted by atomic mass is 32.1. The first kappa shape index (κ1) is 19.9. The molecule has 1 aromatic heterocycles. The Morgan fingerprint density at radius 1 is 1.26 bits per heavy atom. The molecule has 0 unspecified atom stereocenters. The number of nitrogens with zero attached hydrogens (tertiary/aromatic N) is 2. The molecule has 1 N–H and O–H groups in total. The first-order chi connectivity index (χ1) is 12.9. The minimum Gasteiger partial charge on any atom is -0.508 e. The highest BCUT2D eigenvalue weighted by molar-refractivity contribution is 7.14. The second-order valence-corrected chi connectivity index (χ2v) is 6.65. The number of hydrogen-bond acceptors (Lipinski definition) is 7. The van der Waals surface area contributed by atoms with E-state index in [1.54, 1.807) is 26.0 Å². The van der Waals surface area contributed by atoms with E-state index in [9.17, 15) is 25.2 Å². The van der Waals surface area contributed by atoms with Crippen molar-refractivity contribution in [2.24, 2.45) is 0 Å². The van der Waals surface area contributed by atoms with Crippen molar-refractivity contribution < 1.29 is 19.4 Å². The standard InChI is InChI=1S/C20H16N2O4S/c1-3-26-20(25)19-12(2)16(11-22)18(27-19)9-17(24)14(10-21)8-13-4-6-15(23)7-5-13/h4-8,23H,3,9H2,1-2H3/b14-8+. The van der Waals surface area contributed by atoms with Crippen LogP contribution < -0.4 is 0 Å². The predicted octanol–water partition coefficient (Wildman–Crippen LogP) is 3.53. The molecule has 1 aromatic carbocycles. The number of Topliss-reactive ketones (excluding diaryl/α,β-unsaturated/α-hetero) is 1. The fourth-order valence-electron chi connectivity index (χ4n) is 2.39. The van der Waals surface area contributed by atoms with E-state index in [4.69, 9.17) is 4.74 Å². The molecule has 0 radical (unpaired) electrons. The summed E-state index contributed by atoms with van der Waals surface area (Å²) in [6.07, 6.45) is 1.26. The first-order valence-electron chi connectivity index (χ1n) is 8.04. The number of thiophene rings is 1. The van der Waals surface area contributed by atoms with E-state index in [-0.39, 0.29) is 34.8 Å². The summed E-state index contributed by atoms with van der Waals surface area (Å²) in [5.74, 6) is -0.912. The molecule has 7 heteroatoms. The summed E-state index contributed by atoms with van der Waals surface area (Å²) in [7, 11) is 0. The molecule has 0 fully saturated rings. The second-order valence-electron chi connectivity index (χ2n) is 5.55. The number of rotatable bonds is 6. The van der Waals surface area contributed by atoms with E-state index in [0.717, 1.165) is 11.3 Å². The normalized spacial score (nSPS) is 10.7. The lowest BCUT2D eigenvalue weighted by Crippen LogP contribution is -2.05. The van der Waals surface area contributed by atoms with Gasteiger partial charge in [0.15, 0.2) is 5.78 Å². The molecule has 1 heterocycles. The number of phenolic OH excluding ortho intramolecular Hbond substituents is 1. The number of carbonyl (C=O) groups is 2. The van der Waals surface area contributed by atoms with Crippen LogP contribution in [0.25, 0.3) is 6.08 Å². The third-order valence-electron chi connectivity index (χ3n) is 3.74. The number of nitriles is 2. The summed E-state index contributed by atoms with van der Waals surface area (Å²) in [6, 6.07) is 9.95. The lowest BCUT2D eigenvalue weighted by molar-refractivity contribution is -0.114. The molecule has 0 amide bonds. The molecule has 2 rings (SSSR count). The van der Waals surface area contributed by atoms with E-state index in [0.29, 0.717) is 16.0 Å². The quantitative estimate of drug-likeness (QED) is 0.466. The predicted molar refractivity (Wildman–Crippen MR) is 100 cm³/mol. The van der Waals surface area contributed by atoms with Crippen LogP contribution in [0.4, 0.5) is 0 Å². The number of carbonyl (C=O) groups excluding carboxylic acids is 2. The number of allylic oxidation sites excluding steroid dienone is 1. The van der Waals surface area contributed by atoms with Crippen molar-refractivity contribution in [2.75, 3.05) is 6.61 Å². The van der Waals surface area contributed by atoms with Gasteiger partial charge in [-0.2, -0.15) is 10.5 Å². The minimum absolute atomic E-state index is 0.0756. The number of aromatic hydroxyl groups is 1. The Morgan fingerprint density at radius 2 is 1.93 bits per heavy atom. The summed E-state index contributed by atoms with van der Waals surface area (Å²) in [6.45, 7) is 3.52. The van der Waals surface area contributed by atoms with Crippen LogP contribution in [0.5, 0.6) is 5.75 Å². The monoisotopic (exact) mass is 380 g/mol. The summed E-state index contributed by atoms with van der Waals surface area (Å²) < 4.78 is 4.98. The van der Waals surface area contributed by atoms with Gasteiger partial charge in [0.25, 0.3) is 0 Å². The maximum atomic E-state index is 12.5. The Labute approximate surface area is 160 Å². The Kier molecular flexibility index (Phi) is 6.48. The molecule has 0 saturated carbocycles. The van der Waals surface area contributed by atoms with Gasteiger partial charge in [0.05, 0.1) is 17.7 Å². The molecule has 27 heavy (non-hydrogen) atoms. The molecule has 136 valence electrons. The maximum Gasteiger partial charge on any atom is 0.348 e. The fourth-order valence-corrected chi connectivity index (χ4v) is 3.54. The number of ether oxygens (including phenoxy) is 1. The fraction of sp³-hybridized carbons (Fsp3) is 0.200. The van der Waals surface area contributed by atoms with Gasteiger partial charge in [-0.15, -0.1) is 11.3 Å². The van der Waals surface area contributed by atoms with Crippen molar-refractivity contribution in [1.29, 1.82) is 10.5 Å². The molecule has 0 bridgehead atoms. The van der Waals surface area contributed by atoms with Crippen LogP contribution in [0.3, 0.4) is 0 Å². The number of benzene rings is 1. The SMILES string of the molecule is CCOC(=O)c1sc(CC(=O)/C(C#N)=C/c2ccc(O)cc2)c(C#N)c1C. The van der Waals surface area contributed by atoms with Crippen molar-refractivity contribution in [3.05, 3.63) is 56.3 Å². The van der Waals surface area contributed by atoms with E-state index in [2.05, 4.69) is 0 Å². The van der Waals surface area contributed by atoms with Crippen molar-refractivity contribution in [2.45, 2.75) is 20.3 Å². The van der Waals surface area contributed by atoms with Crippen molar-refractivity contribution >= 4 is 29.2 Å². The topological polar surface area (TPSA) is 111 Å². The molecule has 0 aliphatic carbocycles. The summed E-state index contributed by atoms with van der Waals surface area (Å²) in [5.41, 5.74) is 1.25. The largest absolute Gasteiger partial charge is 0.508 e. The zero-order chi connectivity index (χ0) is 20.0. The molecule has 0 spiro atoms. The summed E-state index contributed by atoms with van der Waals surface area (Å²) in [5, 5.41) is 28.0. The van der Waals surface area contributed by atoms with Gasteiger partial charge in [0, 0.05) is 11.3 Å². The van der Waals surface area contributed by atoms with Gasteiger partial charge in [-0.05, 0) is 43.2 Å². The number of esters is 1. The van der Waals surface area contributed by atoms with Gasteiger partial charge in [0.1, 0.15) is 22.8 Å². The number of hydrogen-bond donors (Lipinski definition) is 1. The molecular formula is C20H16N2O4S. The lowest BCUT2D eigenvalue weighted by atomic mass is 10.0. The lowest BCUT2D eigenvalue weighted by Gasteiger charge is -2.00. The maximum absolute atomic E-state index is 12.5. The van der Waals surface area contributed by atoms with Gasteiger partial charge in [-0.25, -0.2) is 4.79 Å². The molecule has 2 aromatic rings. The molecule has 0 aliphatic rings. The Balaban J connectivity index is 2.32. The van der Waals surface area contributed by atoms with Crippen LogP contribution in [-0.2, 0) is 16.0 Å². The van der Waals surface area contributed by atoms with Gasteiger partial charge >= 0.3 is 5.97 Å². The molecule has 0 atom stereocenters. The van der Waals surface area contributed by atoms with E-state index in [1.165, 1.54) is 18.2 Å². The summed E-state index contributed by atoms with van der Waals surface area (Å²) >= 11 is 1.04. The highest BCUT2D eigenvalue weighted by Gasteiger charge is 2.23. The third kappa shape index (κ3) is 4.60. The van der Waals surface area contributed by atoms with Crippen molar-refractivity contribution in [3.8, 4) is 17.9 Å². The van der Waals surface area contributed by atoms with E-state index < -0.39 is 11.8 Å². The number of phenols is 1. The van der Waals surface area contributed by atoms with Crippen LogP contribution in [0.2, 0.25) is 0 Å². The molecule has 6 nitrogen and oxygen atoms in total. The van der Waals surface area contributed by atoms with Crippen molar-refractivity contribution in [3.63, 3.8) is 0 Å². The summed E-state index contributed by atoms with van der Waals surface area (Å²) in [4.78, 5) is 25.3. The van der Waals surface area contributed by atoms with Crippen molar-refractivity contribution in [1.82, 2.24) is 0 Å². The molecule has 0 aliphatic heterocycles. The van der Waals surface area contributed by atoms with Gasteiger partial charge in [0.2, 0.25) is 0 Å². The van der Waals surface area contributed by atoms with Gasteiger partial charge < -0.3 is 9.84 Å². The first-order valence-corrected chi connectivity index (χ1v) is 8.86. The van der Waals surface area contributed by atoms with E-state index >= 15 is 0 Å². The third-order valence-corrected chi connectivity index (χ3v) is 5.01. The second kappa shape index (κ2) is 8.79. The molecular weight excluding hydrogens is 364 g/mol.